The Hall–Kier alpha value is -2.68. The lowest BCUT2D eigenvalue weighted by Gasteiger charge is -2.13. The fraction of sp³-hybridized carbons (Fsp3) is 0.429. The number of rotatable bonds is 9. The number of ether oxygens (including phenoxy) is 1. The van der Waals surface area contributed by atoms with E-state index in [1.807, 2.05) is 6.92 Å². The molecule has 23 heavy (non-hydrogen) atoms. The zero-order chi connectivity index (χ0) is 16.7. The smallest absolute Gasteiger partial charge is 0.279 e. The molecule has 0 fully saturated rings. The number of benzene rings is 1. The average molecular weight is 321 g/mol. The van der Waals surface area contributed by atoms with E-state index in [2.05, 4.69) is 25.6 Å². The number of nitro groups is 1. The van der Waals surface area contributed by atoms with Gasteiger partial charge in [-0.15, -0.1) is 0 Å². The van der Waals surface area contributed by atoms with E-state index in [9.17, 15) is 10.1 Å². The molecule has 2 rings (SSSR count). The van der Waals surface area contributed by atoms with E-state index in [1.165, 1.54) is 12.1 Å². The lowest BCUT2D eigenvalue weighted by molar-refractivity contribution is -0.384. The van der Waals surface area contributed by atoms with Gasteiger partial charge in [0, 0.05) is 37.5 Å². The van der Waals surface area contributed by atoms with Crippen LogP contribution in [0.4, 0.5) is 11.4 Å². The van der Waals surface area contributed by atoms with Gasteiger partial charge in [-0.2, -0.15) is 0 Å². The fourth-order valence-corrected chi connectivity index (χ4v) is 1.86. The lowest BCUT2D eigenvalue weighted by Crippen LogP contribution is -2.32. The third-order valence-electron chi connectivity index (χ3n) is 3.06. The van der Waals surface area contributed by atoms with Crippen LogP contribution in [-0.2, 0) is 0 Å². The molecule has 0 radical (unpaired) electrons. The molecule has 0 amide bonds. The normalized spacial score (nSPS) is 11.9. The Labute approximate surface area is 133 Å². The summed E-state index contributed by atoms with van der Waals surface area (Å²) in [4.78, 5) is 10.1. The molecule has 2 aromatic rings. The first-order valence-electron chi connectivity index (χ1n) is 7.21. The second kappa shape index (κ2) is 8.08. The van der Waals surface area contributed by atoms with E-state index in [0.29, 0.717) is 24.7 Å². The standard InChI is InChI=1S/C14H19N5O4/c1-10(22-14-11(2)17-23-18-14)9-15-7-8-16-12-3-5-13(6-4-12)19(20)21/h3-6,10,15-16H,7-9H2,1-2H3/t10-/m1/s1. The Morgan fingerprint density at radius 3 is 2.65 bits per heavy atom. The number of anilines is 1. The monoisotopic (exact) mass is 321 g/mol. The first-order chi connectivity index (χ1) is 11.1. The number of nitrogens with one attached hydrogen (secondary N) is 2. The van der Waals surface area contributed by atoms with Crippen LogP contribution >= 0.6 is 0 Å². The largest absolute Gasteiger partial charge is 0.470 e. The van der Waals surface area contributed by atoms with Crippen LogP contribution in [-0.4, -0.2) is 41.0 Å². The summed E-state index contributed by atoms with van der Waals surface area (Å²) in [5.41, 5.74) is 1.54. The van der Waals surface area contributed by atoms with Crippen molar-refractivity contribution in [2.24, 2.45) is 0 Å². The molecule has 1 heterocycles. The molecule has 0 spiro atoms. The second-order valence-corrected chi connectivity index (χ2v) is 5.02. The minimum atomic E-state index is -0.418. The van der Waals surface area contributed by atoms with E-state index in [4.69, 9.17) is 4.74 Å². The van der Waals surface area contributed by atoms with Crippen molar-refractivity contribution in [2.45, 2.75) is 20.0 Å². The van der Waals surface area contributed by atoms with Crippen molar-refractivity contribution in [1.29, 1.82) is 0 Å². The van der Waals surface area contributed by atoms with Crippen molar-refractivity contribution in [3.05, 3.63) is 40.1 Å². The van der Waals surface area contributed by atoms with Crippen molar-refractivity contribution in [1.82, 2.24) is 15.6 Å². The second-order valence-electron chi connectivity index (χ2n) is 5.02. The highest BCUT2D eigenvalue weighted by atomic mass is 16.6. The Kier molecular flexibility index (Phi) is 5.87. The predicted octanol–water partition coefficient (Wildman–Crippen LogP) is 1.76. The first-order valence-corrected chi connectivity index (χ1v) is 7.21. The molecule has 0 saturated carbocycles. The molecule has 1 atom stereocenters. The van der Waals surface area contributed by atoms with Gasteiger partial charge < -0.3 is 15.4 Å². The SMILES string of the molecule is Cc1nonc1O[C@H](C)CNCCNc1ccc([N+](=O)[O-])cc1. The summed E-state index contributed by atoms with van der Waals surface area (Å²) in [6, 6.07) is 6.31. The summed E-state index contributed by atoms with van der Waals surface area (Å²) in [5.74, 6) is 0.406. The van der Waals surface area contributed by atoms with Crippen LogP contribution in [0.5, 0.6) is 5.88 Å². The van der Waals surface area contributed by atoms with Gasteiger partial charge in [0.25, 0.3) is 11.6 Å². The highest BCUT2D eigenvalue weighted by molar-refractivity contribution is 5.48. The molecule has 2 N–H and O–H groups in total. The van der Waals surface area contributed by atoms with Gasteiger partial charge >= 0.3 is 0 Å². The van der Waals surface area contributed by atoms with E-state index in [1.54, 1.807) is 19.1 Å². The van der Waals surface area contributed by atoms with Gasteiger partial charge in [0.1, 0.15) is 11.8 Å². The number of aryl methyl sites for hydroxylation is 1. The summed E-state index contributed by atoms with van der Waals surface area (Å²) in [6.07, 6.45) is -0.0695. The van der Waals surface area contributed by atoms with E-state index in [0.717, 1.165) is 12.2 Å². The third kappa shape index (κ3) is 5.22. The van der Waals surface area contributed by atoms with Crippen LogP contribution in [0.2, 0.25) is 0 Å². The highest BCUT2D eigenvalue weighted by Gasteiger charge is 2.10. The lowest BCUT2D eigenvalue weighted by atomic mass is 10.3. The number of nitrogens with zero attached hydrogens (tertiary/aromatic N) is 3. The Morgan fingerprint density at radius 2 is 2.04 bits per heavy atom. The molecule has 0 bridgehead atoms. The highest BCUT2D eigenvalue weighted by Crippen LogP contribution is 2.15. The predicted molar refractivity (Wildman–Crippen MR) is 83.6 cm³/mol. The molecule has 124 valence electrons. The van der Waals surface area contributed by atoms with Crippen molar-refractivity contribution < 1.29 is 14.3 Å². The molecule has 9 heteroatoms. The first kappa shape index (κ1) is 16.7. The van der Waals surface area contributed by atoms with Gasteiger partial charge in [0.15, 0.2) is 0 Å². The van der Waals surface area contributed by atoms with Crippen LogP contribution in [0.1, 0.15) is 12.6 Å². The van der Waals surface area contributed by atoms with Gasteiger partial charge in [0.2, 0.25) is 0 Å². The van der Waals surface area contributed by atoms with E-state index < -0.39 is 4.92 Å². The summed E-state index contributed by atoms with van der Waals surface area (Å²) < 4.78 is 10.1. The summed E-state index contributed by atoms with van der Waals surface area (Å²) in [7, 11) is 0. The number of non-ortho nitro benzene ring substituents is 1. The average Bonchev–Trinajstić information content (AvgIpc) is 2.92. The topological polar surface area (TPSA) is 115 Å². The van der Waals surface area contributed by atoms with Gasteiger partial charge in [-0.25, -0.2) is 4.63 Å². The third-order valence-corrected chi connectivity index (χ3v) is 3.06. The quantitative estimate of drug-likeness (QED) is 0.408. The maximum absolute atomic E-state index is 10.6. The number of hydrogen-bond donors (Lipinski definition) is 2. The van der Waals surface area contributed by atoms with Crippen molar-refractivity contribution in [2.75, 3.05) is 25.0 Å². The van der Waals surface area contributed by atoms with Gasteiger partial charge in [-0.1, -0.05) is 5.16 Å². The molecular weight excluding hydrogens is 302 g/mol. The zero-order valence-corrected chi connectivity index (χ0v) is 13.0. The van der Waals surface area contributed by atoms with Crippen LogP contribution in [0.3, 0.4) is 0 Å². The minimum absolute atomic E-state index is 0.0695. The summed E-state index contributed by atoms with van der Waals surface area (Å²) in [5, 5.41) is 24.3. The van der Waals surface area contributed by atoms with Crippen LogP contribution in [0.25, 0.3) is 0 Å². The molecular formula is C14H19N5O4. The number of hydrogen-bond acceptors (Lipinski definition) is 8. The van der Waals surface area contributed by atoms with Crippen LogP contribution in [0.15, 0.2) is 28.9 Å². The number of nitro benzene ring substituents is 1. The molecule has 0 unspecified atom stereocenters. The molecule has 1 aromatic carbocycles. The fourth-order valence-electron chi connectivity index (χ4n) is 1.86. The summed E-state index contributed by atoms with van der Waals surface area (Å²) in [6.45, 7) is 5.75. The zero-order valence-electron chi connectivity index (χ0n) is 13.0. The van der Waals surface area contributed by atoms with E-state index in [-0.39, 0.29) is 11.8 Å². The molecule has 9 nitrogen and oxygen atoms in total. The molecule has 0 aliphatic rings. The molecule has 0 aliphatic heterocycles. The molecule has 0 aliphatic carbocycles. The maximum Gasteiger partial charge on any atom is 0.279 e. The number of aromatic nitrogens is 2. The van der Waals surface area contributed by atoms with Crippen molar-refractivity contribution in [3.8, 4) is 5.88 Å². The Morgan fingerprint density at radius 1 is 1.30 bits per heavy atom. The van der Waals surface area contributed by atoms with E-state index >= 15 is 0 Å². The molecule has 1 aromatic heterocycles. The minimum Gasteiger partial charge on any atom is -0.470 e. The maximum atomic E-state index is 10.6. The van der Waals surface area contributed by atoms with Gasteiger partial charge in [-0.05, 0) is 31.1 Å². The van der Waals surface area contributed by atoms with Crippen molar-refractivity contribution >= 4 is 11.4 Å². The van der Waals surface area contributed by atoms with Gasteiger partial charge in [-0.3, -0.25) is 10.1 Å². The van der Waals surface area contributed by atoms with Crippen LogP contribution < -0.4 is 15.4 Å². The van der Waals surface area contributed by atoms with Crippen molar-refractivity contribution in [3.63, 3.8) is 0 Å². The Bertz CT molecular complexity index is 628. The summed E-state index contributed by atoms with van der Waals surface area (Å²) >= 11 is 0. The molecule has 0 saturated heterocycles. The van der Waals surface area contributed by atoms with Crippen LogP contribution in [0, 0.1) is 17.0 Å². The van der Waals surface area contributed by atoms with Gasteiger partial charge in [0.05, 0.1) is 4.92 Å². The Balaban J connectivity index is 1.62.